The summed E-state index contributed by atoms with van der Waals surface area (Å²) in [4.78, 5) is 4.61. The average Bonchev–Trinajstić information content (AvgIpc) is 2.52. The molecule has 0 unspecified atom stereocenters. The standard InChI is InChI=1S/C17H15FN2OS/c1-22(21)16-8-7-14(10-15(16)18)20-11-13-5-2-4-12-6-3-9-19-17(12)13/h2-10,20H,11H2,1H3/t22-/m1/s1. The molecule has 0 spiro atoms. The number of nitrogens with one attached hydrogen (secondary N) is 1. The van der Waals surface area contributed by atoms with Crippen LogP contribution >= 0.6 is 0 Å². The second kappa shape index (κ2) is 6.23. The summed E-state index contributed by atoms with van der Waals surface area (Å²) in [6, 6.07) is 14.5. The SMILES string of the molecule is C[S@@](=O)c1ccc(NCc2cccc3cccnc23)cc1F. The first-order chi connectivity index (χ1) is 10.6. The van der Waals surface area contributed by atoms with Crippen LogP contribution in [0.3, 0.4) is 0 Å². The summed E-state index contributed by atoms with van der Waals surface area (Å²) in [5, 5.41) is 4.25. The Kier molecular flexibility index (Phi) is 4.15. The molecule has 0 amide bonds. The first kappa shape index (κ1) is 14.7. The van der Waals surface area contributed by atoms with Crippen molar-refractivity contribution in [1.82, 2.24) is 4.98 Å². The zero-order valence-corrected chi connectivity index (χ0v) is 12.9. The Morgan fingerprint density at radius 3 is 2.77 bits per heavy atom. The van der Waals surface area contributed by atoms with Gasteiger partial charge in [-0.15, -0.1) is 0 Å². The molecule has 0 saturated heterocycles. The lowest BCUT2D eigenvalue weighted by Crippen LogP contribution is -2.02. The summed E-state index contributed by atoms with van der Waals surface area (Å²) in [6.45, 7) is 0.544. The molecule has 0 radical (unpaired) electrons. The molecule has 0 aliphatic rings. The number of pyridine rings is 1. The quantitative estimate of drug-likeness (QED) is 0.798. The van der Waals surface area contributed by atoms with E-state index in [2.05, 4.69) is 10.3 Å². The zero-order chi connectivity index (χ0) is 15.5. The van der Waals surface area contributed by atoms with Crippen LogP contribution in [0.4, 0.5) is 10.1 Å². The van der Waals surface area contributed by atoms with E-state index < -0.39 is 16.6 Å². The van der Waals surface area contributed by atoms with E-state index >= 15 is 0 Å². The van der Waals surface area contributed by atoms with E-state index in [0.717, 1.165) is 16.5 Å². The van der Waals surface area contributed by atoms with E-state index in [1.54, 1.807) is 18.3 Å². The molecule has 1 heterocycles. The van der Waals surface area contributed by atoms with Crippen LogP contribution in [0.5, 0.6) is 0 Å². The van der Waals surface area contributed by atoms with Crippen LogP contribution in [0.25, 0.3) is 10.9 Å². The van der Waals surface area contributed by atoms with Gasteiger partial charge in [0.2, 0.25) is 0 Å². The van der Waals surface area contributed by atoms with Crippen molar-refractivity contribution in [3.63, 3.8) is 0 Å². The summed E-state index contributed by atoms with van der Waals surface area (Å²) >= 11 is 0. The second-order valence-corrected chi connectivity index (χ2v) is 6.29. The summed E-state index contributed by atoms with van der Waals surface area (Å²) in [5.74, 6) is -0.457. The number of para-hydroxylation sites is 1. The van der Waals surface area contributed by atoms with Crippen molar-refractivity contribution in [2.75, 3.05) is 11.6 Å². The van der Waals surface area contributed by atoms with Crippen LogP contribution in [0.2, 0.25) is 0 Å². The van der Waals surface area contributed by atoms with Crippen LogP contribution in [0, 0.1) is 5.82 Å². The summed E-state index contributed by atoms with van der Waals surface area (Å²) in [5.41, 5.74) is 2.63. The van der Waals surface area contributed by atoms with E-state index in [1.165, 1.54) is 12.3 Å². The predicted molar refractivity (Wildman–Crippen MR) is 87.8 cm³/mol. The van der Waals surface area contributed by atoms with Gasteiger partial charge in [0.1, 0.15) is 5.82 Å². The Labute approximate surface area is 130 Å². The molecule has 0 saturated carbocycles. The minimum Gasteiger partial charge on any atom is -0.381 e. The van der Waals surface area contributed by atoms with Crippen LogP contribution in [-0.2, 0) is 17.3 Å². The molecule has 22 heavy (non-hydrogen) atoms. The number of anilines is 1. The van der Waals surface area contributed by atoms with Gasteiger partial charge in [-0.05, 0) is 29.8 Å². The largest absolute Gasteiger partial charge is 0.381 e. The Morgan fingerprint density at radius 2 is 2.00 bits per heavy atom. The fourth-order valence-electron chi connectivity index (χ4n) is 2.35. The summed E-state index contributed by atoms with van der Waals surface area (Å²) in [7, 11) is -1.32. The first-order valence-electron chi connectivity index (χ1n) is 6.84. The summed E-state index contributed by atoms with van der Waals surface area (Å²) < 4.78 is 25.2. The Morgan fingerprint density at radius 1 is 1.18 bits per heavy atom. The molecule has 112 valence electrons. The van der Waals surface area contributed by atoms with Crippen molar-refractivity contribution >= 4 is 27.4 Å². The fourth-order valence-corrected chi connectivity index (χ4v) is 2.94. The van der Waals surface area contributed by atoms with Crippen molar-refractivity contribution in [2.24, 2.45) is 0 Å². The van der Waals surface area contributed by atoms with E-state index in [9.17, 15) is 8.60 Å². The molecule has 0 bridgehead atoms. The molecule has 1 N–H and O–H groups in total. The molecule has 3 rings (SSSR count). The van der Waals surface area contributed by atoms with Crippen molar-refractivity contribution in [3.8, 4) is 0 Å². The van der Waals surface area contributed by atoms with Crippen molar-refractivity contribution < 1.29 is 8.60 Å². The van der Waals surface area contributed by atoms with Crippen LogP contribution in [0.15, 0.2) is 59.6 Å². The highest BCUT2D eigenvalue weighted by Gasteiger charge is 2.07. The lowest BCUT2D eigenvalue weighted by atomic mass is 10.1. The number of benzene rings is 2. The first-order valence-corrected chi connectivity index (χ1v) is 8.40. The highest BCUT2D eigenvalue weighted by atomic mass is 32.2. The maximum atomic E-state index is 13.8. The highest BCUT2D eigenvalue weighted by molar-refractivity contribution is 7.84. The van der Waals surface area contributed by atoms with E-state index in [0.29, 0.717) is 12.2 Å². The third kappa shape index (κ3) is 2.99. The van der Waals surface area contributed by atoms with Crippen LogP contribution < -0.4 is 5.32 Å². The normalized spacial score (nSPS) is 12.3. The van der Waals surface area contributed by atoms with Gasteiger partial charge in [0.25, 0.3) is 0 Å². The highest BCUT2D eigenvalue weighted by Crippen LogP contribution is 2.20. The Hall–Kier alpha value is -2.27. The van der Waals surface area contributed by atoms with Crippen molar-refractivity contribution in [3.05, 3.63) is 66.1 Å². The molecular formula is C17H15FN2OS. The minimum atomic E-state index is -1.32. The maximum absolute atomic E-state index is 13.8. The average molecular weight is 314 g/mol. The second-order valence-electron chi connectivity index (χ2n) is 4.95. The van der Waals surface area contributed by atoms with Gasteiger partial charge >= 0.3 is 0 Å². The van der Waals surface area contributed by atoms with E-state index in [4.69, 9.17) is 0 Å². The molecular weight excluding hydrogens is 299 g/mol. The molecule has 0 aliphatic carbocycles. The van der Waals surface area contributed by atoms with Gasteiger partial charge in [-0.2, -0.15) is 0 Å². The number of hydrogen-bond acceptors (Lipinski definition) is 3. The number of halogens is 1. The lowest BCUT2D eigenvalue weighted by molar-refractivity contribution is 0.596. The summed E-state index contributed by atoms with van der Waals surface area (Å²) in [6.07, 6.45) is 3.23. The zero-order valence-electron chi connectivity index (χ0n) is 12.0. The molecule has 0 aliphatic heterocycles. The monoisotopic (exact) mass is 314 g/mol. The molecule has 1 aromatic heterocycles. The minimum absolute atomic E-state index is 0.220. The molecule has 0 fully saturated rings. The van der Waals surface area contributed by atoms with Crippen LogP contribution in [-0.4, -0.2) is 15.4 Å². The van der Waals surface area contributed by atoms with Crippen molar-refractivity contribution in [1.29, 1.82) is 0 Å². The third-order valence-electron chi connectivity index (χ3n) is 3.44. The number of rotatable bonds is 4. The topological polar surface area (TPSA) is 42.0 Å². The van der Waals surface area contributed by atoms with Gasteiger partial charge < -0.3 is 5.32 Å². The Balaban J connectivity index is 1.82. The number of fused-ring (bicyclic) bond motifs is 1. The molecule has 2 aromatic carbocycles. The number of aromatic nitrogens is 1. The molecule has 5 heteroatoms. The van der Waals surface area contributed by atoms with Gasteiger partial charge in [-0.25, -0.2) is 4.39 Å². The number of hydrogen-bond donors (Lipinski definition) is 1. The molecule has 3 nitrogen and oxygen atoms in total. The van der Waals surface area contributed by atoms with Gasteiger partial charge in [0, 0.05) is 30.1 Å². The number of nitrogens with zero attached hydrogens (tertiary/aromatic N) is 1. The molecule has 3 aromatic rings. The molecule has 1 atom stereocenters. The van der Waals surface area contributed by atoms with E-state index in [-0.39, 0.29) is 4.90 Å². The van der Waals surface area contributed by atoms with Gasteiger partial charge in [-0.1, -0.05) is 24.3 Å². The fraction of sp³-hybridized carbons (Fsp3) is 0.118. The van der Waals surface area contributed by atoms with E-state index in [1.807, 2.05) is 30.3 Å². The van der Waals surface area contributed by atoms with Gasteiger partial charge in [0.05, 0.1) is 21.2 Å². The Bertz CT molecular complexity index is 846. The lowest BCUT2D eigenvalue weighted by Gasteiger charge is -2.10. The smallest absolute Gasteiger partial charge is 0.141 e. The third-order valence-corrected chi connectivity index (χ3v) is 4.39. The van der Waals surface area contributed by atoms with Gasteiger partial charge in [0.15, 0.2) is 0 Å². The van der Waals surface area contributed by atoms with Crippen molar-refractivity contribution in [2.45, 2.75) is 11.4 Å². The van der Waals surface area contributed by atoms with Crippen LogP contribution in [0.1, 0.15) is 5.56 Å². The predicted octanol–water partition coefficient (Wildman–Crippen LogP) is 3.72. The van der Waals surface area contributed by atoms with Gasteiger partial charge in [-0.3, -0.25) is 9.19 Å². The maximum Gasteiger partial charge on any atom is 0.141 e.